The van der Waals surface area contributed by atoms with Gasteiger partial charge in [-0.15, -0.1) is 0 Å². The van der Waals surface area contributed by atoms with E-state index in [4.69, 9.17) is 9.47 Å². The number of carbonyl (C=O) groups excluding carboxylic acids is 4. The zero-order valence-corrected chi connectivity index (χ0v) is 16.4. The summed E-state index contributed by atoms with van der Waals surface area (Å²) >= 11 is 0. The van der Waals surface area contributed by atoms with E-state index in [1.165, 1.54) is 21.0 Å². The molecule has 0 spiro atoms. The number of rotatable bonds is 8. The minimum absolute atomic E-state index is 0.0816. The predicted molar refractivity (Wildman–Crippen MR) is 106 cm³/mol. The summed E-state index contributed by atoms with van der Waals surface area (Å²) in [7, 11) is 1.52. The fraction of sp³-hybridized carbons (Fsp3) is 0.238. The summed E-state index contributed by atoms with van der Waals surface area (Å²) in [6.45, 7) is 2.49. The molecule has 8 heteroatoms. The van der Waals surface area contributed by atoms with E-state index in [1.807, 2.05) is 0 Å². The Hall–Kier alpha value is -3.68. The van der Waals surface area contributed by atoms with Gasteiger partial charge in [0.15, 0.2) is 11.9 Å². The number of amides is 2. The van der Waals surface area contributed by atoms with Gasteiger partial charge < -0.3 is 20.1 Å². The molecule has 1 atom stereocenters. The average Bonchev–Trinajstić information content (AvgIpc) is 2.72. The summed E-state index contributed by atoms with van der Waals surface area (Å²) in [6, 6.07) is 12.7. The maximum atomic E-state index is 12.1. The first-order valence-electron chi connectivity index (χ1n) is 8.83. The smallest absolute Gasteiger partial charge is 0.326 e. The summed E-state index contributed by atoms with van der Waals surface area (Å²) in [6.07, 6.45) is -1.06. The molecule has 0 aliphatic heterocycles. The second kappa shape index (κ2) is 10.0. The third kappa shape index (κ3) is 6.46. The highest BCUT2D eigenvalue weighted by atomic mass is 16.5. The molecule has 0 aromatic heterocycles. The summed E-state index contributed by atoms with van der Waals surface area (Å²) in [5.41, 5.74) is 1.35. The van der Waals surface area contributed by atoms with E-state index in [0.717, 1.165) is 0 Å². The number of ketones is 1. The van der Waals surface area contributed by atoms with Gasteiger partial charge in [-0.25, -0.2) is 0 Å². The lowest BCUT2D eigenvalue weighted by Gasteiger charge is -2.14. The lowest BCUT2D eigenvalue weighted by atomic mass is 10.1. The van der Waals surface area contributed by atoms with E-state index in [9.17, 15) is 19.2 Å². The molecular formula is C21H22N2O6. The maximum absolute atomic E-state index is 12.1. The molecule has 2 aromatic rings. The van der Waals surface area contributed by atoms with Gasteiger partial charge >= 0.3 is 5.97 Å². The van der Waals surface area contributed by atoms with Crippen molar-refractivity contribution in [3.05, 3.63) is 59.7 Å². The number of nitrogens with one attached hydrogen (secondary N) is 2. The van der Waals surface area contributed by atoms with Crippen LogP contribution in [0.1, 0.15) is 34.6 Å². The van der Waals surface area contributed by atoms with Crippen LogP contribution in [0.4, 0.5) is 5.69 Å². The molecule has 0 unspecified atom stereocenters. The summed E-state index contributed by atoms with van der Waals surface area (Å²) in [5, 5.41) is 5.02. The van der Waals surface area contributed by atoms with Crippen LogP contribution in [0.15, 0.2) is 48.5 Å². The molecule has 0 aliphatic rings. The van der Waals surface area contributed by atoms with E-state index in [-0.39, 0.29) is 12.3 Å². The molecule has 0 saturated carbocycles. The van der Waals surface area contributed by atoms with Crippen molar-refractivity contribution in [2.75, 3.05) is 19.0 Å². The van der Waals surface area contributed by atoms with Crippen molar-refractivity contribution < 1.29 is 28.7 Å². The second-order valence-corrected chi connectivity index (χ2v) is 6.17. The van der Waals surface area contributed by atoms with E-state index in [0.29, 0.717) is 22.6 Å². The number of Topliss-reactive ketones (excluding diaryl/α,β-unsaturated/α-hetero) is 1. The van der Waals surface area contributed by atoms with Crippen LogP contribution in [0.25, 0.3) is 0 Å². The first-order valence-corrected chi connectivity index (χ1v) is 8.83. The normalized spacial score (nSPS) is 11.1. The highest BCUT2D eigenvalue weighted by molar-refractivity contribution is 5.98. The Balaban J connectivity index is 1.80. The quantitative estimate of drug-likeness (QED) is 0.521. The fourth-order valence-corrected chi connectivity index (χ4v) is 2.32. The molecule has 2 rings (SSSR count). The largest absolute Gasteiger partial charge is 0.497 e. The van der Waals surface area contributed by atoms with Crippen molar-refractivity contribution >= 4 is 29.3 Å². The number of ether oxygens (including phenoxy) is 2. The Morgan fingerprint density at radius 3 is 2.07 bits per heavy atom. The molecule has 0 aliphatic carbocycles. The van der Waals surface area contributed by atoms with Crippen molar-refractivity contribution in [2.45, 2.75) is 20.0 Å². The van der Waals surface area contributed by atoms with Gasteiger partial charge in [-0.2, -0.15) is 0 Å². The van der Waals surface area contributed by atoms with Crippen molar-refractivity contribution in [3.8, 4) is 5.75 Å². The van der Waals surface area contributed by atoms with Gasteiger partial charge in [-0.05, 0) is 62.4 Å². The van der Waals surface area contributed by atoms with Crippen LogP contribution in [0.2, 0.25) is 0 Å². The van der Waals surface area contributed by atoms with Gasteiger partial charge in [0.1, 0.15) is 12.3 Å². The molecule has 0 fully saturated rings. The van der Waals surface area contributed by atoms with Crippen molar-refractivity contribution in [1.82, 2.24) is 5.32 Å². The third-order valence-corrected chi connectivity index (χ3v) is 3.98. The minimum Gasteiger partial charge on any atom is -0.497 e. The molecule has 29 heavy (non-hydrogen) atoms. The van der Waals surface area contributed by atoms with Crippen molar-refractivity contribution in [3.63, 3.8) is 0 Å². The number of esters is 1. The standard InChI is InChI=1S/C21H22N2O6/c1-13(24)15-4-8-17(9-5-15)23-20(26)14(2)29-19(25)12-22-21(27)16-6-10-18(28-3)11-7-16/h4-11,14H,12H2,1-3H3,(H,22,27)(H,23,26)/t14-/m1/s1. The molecule has 0 saturated heterocycles. The Labute approximate surface area is 168 Å². The van der Waals surface area contributed by atoms with Crippen molar-refractivity contribution in [1.29, 1.82) is 0 Å². The SMILES string of the molecule is COc1ccc(C(=O)NCC(=O)O[C@H](C)C(=O)Nc2ccc(C(C)=O)cc2)cc1. The zero-order valence-electron chi connectivity index (χ0n) is 16.4. The van der Waals surface area contributed by atoms with Crippen LogP contribution in [-0.4, -0.2) is 43.3 Å². The van der Waals surface area contributed by atoms with E-state index < -0.39 is 23.9 Å². The number of carbonyl (C=O) groups is 4. The summed E-state index contributed by atoms with van der Waals surface area (Å²) < 4.78 is 10.0. The maximum Gasteiger partial charge on any atom is 0.326 e. The molecule has 2 N–H and O–H groups in total. The molecule has 0 radical (unpaired) electrons. The summed E-state index contributed by atoms with van der Waals surface area (Å²) in [5.74, 6) is -1.21. The molecule has 152 valence electrons. The number of hydrogen-bond acceptors (Lipinski definition) is 6. The molecular weight excluding hydrogens is 376 g/mol. The Morgan fingerprint density at radius 1 is 0.931 bits per heavy atom. The average molecular weight is 398 g/mol. The van der Waals surface area contributed by atoms with Crippen LogP contribution in [0.5, 0.6) is 5.75 Å². The number of benzene rings is 2. The minimum atomic E-state index is -1.06. The van der Waals surface area contributed by atoms with E-state index >= 15 is 0 Å². The van der Waals surface area contributed by atoms with Crippen LogP contribution < -0.4 is 15.4 Å². The zero-order chi connectivity index (χ0) is 21.4. The third-order valence-electron chi connectivity index (χ3n) is 3.98. The van der Waals surface area contributed by atoms with Gasteiger partial charge in [0.2, 0.25) is 0 Å². The molecule has 0 bridgehead atoms. The number of methoxy groups -OCH3 is 1. The van der Waals surface area contributed by atoms with Gasteiger partial charge in [0.25, 0.3) is 11.8 Å². The van der Waals surface area contributed by atoms with E-state index in [2.05, 4.69) is 10.6 Å². The van der Waals surface area contributed by atoms with Gasteiger partial charge in [-0.3, -0.25) is 19.2 Å². The molecule has 2 amide bonds. The number of hydrogen-bond donors (Lipinski definition) is 2. The highest BCUT2D eigenvalue weighted by Crippen LogP contribution is 2.12. The summed E-state index contributed by atoms with van der Waals surface area (Å²) in [4.78, 5) is 47.3. The van der Waals surface area contributed by atoms with Gasteiger partial charge in [0, 0.05) is 16.8 Å². The molecule has 8 nitrogen and oxygen atoms in total. The lowest BCUT2D eigenvalue weighted by Crippen LogP contribution is -2.35. The second-order valence-electron chi connectivity index (χ2n) is 6.17. The van der Waals surface area contributed by atoms with Crippen molar-refractivity contribution in [2.24, 2.45) is 0 Å². The Kier molecular flexibility index (Phi) is 7.47. The van der Waals surface area contributed by atoms with Gasteiger partial charge in [0.05, 0.1) is 7.11 Å². The monoisotopic (exact) mass is 398 g/mol. The van der Waals surface area contributed by atoms with Gasteiger partial charge in [-0.1, -0.05) is 0 Å². The number of anilines is 1. The van der Waals surface area contributed by atoms with Crippen LogP contribution in [-0.2, 0) is 14.3 Å². The first kappa shape index (κ1) is 21.6. The Morgan fingerprint density at radius 2 is 1.52 bits per heavy atom. The van der Waals surface area contributed by atoms with Crippen LogP contribution in [0.3, 0.4) is 0 Å². The fourth-order valence-electron chi connectivity index (χ4n) is 2.32. The lowest BCUT2D eigenvalue weighted by molar-refractivity contribution is -0.152. The molecule has 0 heterocycles. The van der Waals surface area contributed by atoms with E-state index in [1.54, 1.807) is 48.5 Å². The predicted octanol–water partition coefficient (Wildman–Crippen LogP) is 2.20. The van der Waals surface area contributed by atoms with Crippen LogP contribution >= 0.6 is 0 Å². The van der Waals surface area contributed by atoms with Crippen LogP contribution in [0, 0.1) is 0 Å². The highest BCUT2D eigenvalue weighted by Gasteiger charge is 2.18. The topological polar surface area (TPSA) is 111 Å². The first-order chi connectivity index (χ1) is 13.8. The molecule has 2 aromatic carbocycles. The Bertz CT molecular complexity index is 890.